The Labute approximate surface area is 258 Å². The molecule has 10 heteroatoms. The minimum absolute atomic E-state index is 0.0461. The van der Waals surface area contributed by atoms with Gasteiger partial charge in [0, 0.05) is 22.6 Å². The van der Waals surface area contributed by atoms with Crippen LogP contribution in [0.2, 0.25) is 10.0 Å². The third-order valence-corrected chi connectivity index (χ3v) is 9.93. The lowest BCUT2D eigenvalue weighted by Gasteiger charge is -2.33. The van der Waals surface area contributed by atoms with Gasteiger partial charge in [-0.1, -0.05) is 78.4 Å². The molecule has 1 aliphatic carbocycles. The van der Waals surface area contributed by atoms with Crippen LogP contribution in [0.5, 0.6) is 0 Å². The molecule has 7 nitrogen and oxygen atoms in total. The van der Waals surface area contributed by atoms with Crippen molar-refractivity contribution in [1.82, 2.24) is 10.2 Å². The zero-order chi connectivity index (χ0) is 30.4. The number of nitrogens with one attached hydrogen (secondary N) is 1. The summed E-state index contributed by atoms with van der Waals surface area (Å²) in [4.78, 5) is 29.1. The average Bonchev–Trinajstić information content (AvgIpc) is 2.96. The molecule has 4 rings (SSSR count). The van der Waals surface area contributed by atoms with Gasteiger partial charge in [0.25, 0.3) is 10.0 Å². The van der Waals surface area contributed by atoms with E-state index in [1.54, 1.807) is 56.3 Å². The van der Waals surface area contributed by atoms with Crippen LogP contribution in [-0.2, 0) is 26.2 Å². The van der Waals surface area contributed by atoms with Gasteiger partial charge in [-0.2, -0.15) is 0 Å². The van der Waals surface area contributed by atoms with Crippen LogP contribution in [0.1, 0.15) is 55.7 Å². The van der Waals surface area contributed by atoms with Crippen LogP contribution in [0.15, 0.2) is 71.6 Å². The number of carbonyl (C=O) groups is 2. The van der Waals surface area contributed by atoms with E-state index in [2.05, 4.69) is 5.32 Å². The molecule has 0 bridgehead atoms. The maximum Gasteiger partial charge on any atom is 0.264 e. The summed E-state index contributed by atoms with van der Waals surface area (Å²) in [6.45, 7) is 4.85. The summed E-state index contributed by atoms with van der Waals surface area (Å²) in [5, 5.41) is 3.94. The molecular weight excluding hydrogens is 593 g/mol. The Bertz CT molecular complexity index is 1520. The highest BCUT2D eigenvalue weighted by molar-refractivity contribution is 7.92. The van der Waals surface area contributed by atoms with Crippen LogP contribution in [-0.4, -0.2) is 43.8 Å². The second-order valence-corrected chi connectivity index (χ2v) is 13.7. The molecule has 0 heterocycles. The third kappa shape index (κ3) is 7.85. The maximum atomic E-state index is 14.2. The Morgan fingerprint density at radius 1 is 0.929 bits per heavy atom. The van der Waals surface area contributed by atoms with E-state index < -0.39 is 28.5 Å². The van der Waals surface area contributed by atoms with Gasteiger partial charge < -0.3 is 10.2 Å². The van der Waals surface area contributed by atoms with Gasteiger partial charge in [-0.15, -0.1) is 0 Å². The van der Waals surface area contributed by atoms with Gasteiger partial charge in [0.15, 0.2) is 0 Å². The molecule has 0 saturated heterocycles. The molecule has 3 aromatic rings. The maximum absolute atomic E-state index is 14.2. The van der Waals surface area contributed by atoms with Gasteiger partial charge in [0.05, 0.1) is 10.6 Å². The molecule has 0 aromatic heterocycles. The number of anilines is 1. The van der Waals surface area contributed by atoms with E-state index in [9.17, 15) is 18.0 Å². The minimum atomic E-state index is -4.18. The first-order valence-corrected chi connectivity index (χ1v) is 16.3. The molecule has 224 valence electrons. The molecule has 0 radical (unpaired) electrons. The molecule has 1 fully saturated rings. The normalized spacial score (nSPS) is 14.7. The Morgan fingerprint density at radius 3 is 2.26 bits per heavy atom. The highest BCUT2D eigenvalue weighted by Gasteiger charge is 2.34. The first-order valence-electron chi connectivity index (χ1n) is 14.2. The van der Waals surface area contributed by atoms with E-state index in [-0.39, 0.29) is 23.4 Å². The summed E-state index contributed by atoms with van der Waals surface area (Å²) in [6.07, 6.45) is 5.05. The van der Waals surface area contributed by atoms with E-state index in [1.165, 1.54) is 23.1 Å². The third-order valence-electron chi connectivity index (χ3n) is 7.69. The van der Waals surface area contributed by atoms with Crippen molar-refractivity contribution in [2.75, 3.05) is 10.8 Å². The van der Waals surface area contributed by atoms with Gasteiger partial charge >= 0.3 is 0 Å². The van der Waals surface area contributed by atoms with Gasteiger partial charge in [0.1, 0.15) is 12.6 Å². The lowest BCUT2D eigenvalue weighted by Crippen LogP contribution is -2.53. The number of rotatable bonds is 10. The lowest BCUT2D eigenvalue weighted by atomic mass is 9.95. The summed E-state index contributed by atoms with van der Waals surface area (Å²) in [5.74, 6) is -0.805. The van der Waals surface area contributed by atoms with Crippen molar-refractivity contribution in [3.63, 3.8) is 0 Å². The number of nitrogens with zero attached hydrogens (tertiary/aromatic N) is 2. The van der Waals surface area contributed by atoms with Crippen LogP contribution in [0, 0.1) is 13.8 Å². The number of sulfonamides is 1. The molecule has 1 N–H and O–H groups in total. The van der Waals surface area contributed by atoms with E-state index in [0.717, 1.165) is 47.5 Å². The van der Waals surface area contributed by atoms with Gasteiger partial charge in [-0.3, -0.25) is 13.9 Å². The number of amides is 2. The van der Waals surface area contributed by atoms with Crippen molar-refractivity contribution < 1.29 is 18.0 Å². The standard InChI is InChI=1S/C32H37Cl2N3O4S/c1-22-12-16-29(17-13-22)42(40,41)37(30-19-27(34)15-14-23(30)2)21-31(38)36(20-25-8-7-9-26(33)18-25)24(3)32(39)35-28-10-5-4-6-11-28/h7-9,12-19,24,28H,4-6,10-11,20-21H2,1-3H3,(H,35,39)/t24-/m1/s1. The summed E-state index contributed by atoms with van der Waals surface area (Å²) >= 11 is 12.5. The topological polar surface area (TPSA) is 86.8 Å². The fraction of sp³-hybridized carbons (Fsp3) is 0.375. The Balaban J connectivity index is 1.71. The van der Waals surface area contributed by atoms with Crippen molar-refractivity contribution in [3.8, 4) is 0 Å². The SMILES string of the molecule is Cc1ccc(S(=O)(=O)N(CC(=O)N(Cc2cccc(Cl)c2)[C@H](C)C(=O)NC2CCCCC2)c2cc(Cl)ccc2C)cc1. The Kier molecular flexibility index (Phi) is 10.6. The fourth-order valence-corrected chi connectivity index (χ4v) is 7.04. The van der Waals surface area contributed by atoms with Crippen LogP contribution in [0.25, 0.3) is 0 Å². The smallest absolute Gasteiger partial charge is 0.264 e. The van der Waals surface area contributed by atoms with Crippen molar-refractivity contribution in [2.45, 2.75) is 76.4 Å². The van der Waals surface area contributed by atoms with Crippen molar-refractivity contribution >= 4 is 50.7 Å². The molecule has 0 spiro atoms. The summed E-state index contributed by atoms with van der Waals surface area (Å²) < 4.78 is 29.2. The van der Waals surface area contributed by atoms with E-state index >= 15 is 0 Å². The quantitative estimate of drug-likeness (QED) is 0.271. The second-order valence-electron chi connectivity index (χ2n) is 10.9. The highest BCUT2D eigenvalue weighted by Crippen LogP contribution is 2.30. The fourth-order valence-electron chi connectivity index (χ4n) is 5.19. The van der Waals surface area contributed by atoms with E-state index in [1.807, 2.05) is 13.0 Å². The van der Waals surface area contributed by atoms with Gasteiger partial charge in [-0.25, -0.2) is 8.42 Å². The number of hydrogen-bond donors (Lipinski definition) is 1. The summed E-state index contributed by atoms with van der Waals surface area (Å²) in [7, 11) is -4.18. The molecule has 2 amide bonds. The highest BCUT2D eigenvalue weighted by atomic mass is 35.5. The number of hydrogen-bond acceptors (Lipinski definition) is 4. The summed E-state index contributed by atoms with van der Waals surface area (Å²) in [6, 6.07) is 17.6. The van der Waals surface area contributed by atoms with Crippen molar-refractivity contribution in [1.29, 1.82) is 0 Å². The zero-order valence-corrected chi connectivity index (χ0v) is 26.5. The largest absolute Gasteiger partial charge is 0.352 e. The second kappa shape index (κ2) is 13.9. The summed E-state index contributed by atoms with van der Waals surface area (Å²) in [5.41, 5.74) is 2.55. The predicted octanol–water partition coefficient (Wildman–Crippen LogP) is 6.67. The van der Waals surface area contributed by atoms with E-state index in [0.29, 0.717) is 21.3 Å². The first kappa shape index (κ1) is 31.9. The minimum Gasteiger partial charge on any atom is -0.352 e. The molecule has 0 aliphatic heterocycles. The number of carbonyl (C=O) groups excluding carboxylic acids is 2. The molecule has 1 atom stereocenters. The lowest BCUT2D eigenvalue weighted by molar-refractivity contribution is -0.139. The Morgan fingerprint density at radius 2 is 1.60 bits per heavy atom. The zero-order valence-electron chi connectivity index (χ0n) is 24.1. The van der Waals surface area contributed by atoms with Crippen LogP contribution in [0.3, 0.4) is 0 Å². The number of halogens is 2. The molecule has 42 heavy (non-hydrogen) atoms. The number of benzene rings is 3. The van der Waals surface area contributed by atoms with Crippen LogP contribution >= 0.6 is 23.2 Å². The monoisotopic (exact) mass is 629 g/mol. The van der Waals surface area contributed by atoms with Crippen molar-refractivity contribution in [3.05, 3.63) is 93.5 Å². The predicted molar refractivity (Wildman–Crippen MR) is 168 cm³/mol. The molecule has 1 aliphatic rings. The van der Waals surface area contributed by atoms with Gasteiger partial charge in [0.2, 0.25) is 11.8 Å². The number of aryl methyl sites for hydroxylation is 2. The molecular formula is C32H37Cl2N3O4S. The molecule has 1 saturated carbocycles. The van der Waals surface area contributed by atoms with Crippen LogP contribution in [0.4, 0.5) is 5.69 Å². The average molecular weight is 631 g/mol. The first-order chi connectivity index (χ1) is 20.0. The Hall–Kier alpha value is -3.07. The van der Waals surface area contributed by atoms with Crippen LogP contribution < -0.4 is 9.62 Å². The van der Waals surface area contributed by atoms with Gasteiger partial charge in [-0.05, 0) is 81.1 Å². The molecule has 3 aromatic carbocycles. The van der Waals surface area contributed by atoms with E-state index in [4.69, 9.17) is 23.2 Å². The van der Waals surface area contributed by atoms with Crippen molar-refractivity contribution in [2.24, 2.45) is 0 Å². The molecule has 0 unspecified atom stereocenters.